The second-order valence-electron chi connectivity index (χ2n) is 9.14. The number of benzene rings is 2. The molecule has 1 amide bonds. The summed E-state index contributed by atoms with van der Waals surface area (Å²) in [6.45, 7) is 1.25. The second kappa shape index (κ2) is 8.07. The number of carbonyl (C=O) groups excluding carboxylic acids is 1. The summed E-state index contributed by atoms with van der Waals surface area (Å²) in [6.07, 6.45) is -5.74. The van der Waals surface area contributed by atoms with Gasteiger partial charge in [0, 0.05) is 17.5 Å². The number of alkyl halides is 5. The topological polar surface area (TPSA) is 84.5 Å². The van der Waals surface area contributed by atoms with Crippen molar-refractivity contribution in [2.75, 3.05) is 11.8 Å². The Bertz CT molecular complexity index is 1240. The number of nitrogens with one attached hydrogen (secondary N) is 2. The first kappa shape index (κ1) is 25.2. The summed E-state index contributed by atoms with van der Waals surface area (Å²) >= 11 is 0. The minimum atomic E-state index is -4.37. The third-order valence-electron chi connectivity index (χ3n) is 6.75. The molecule has 0 spiro atoms. The Morgan fingerprint density at radius 1 is 1.03 bits per heavy atom. The number of anilines is 1. The Morgan fingerprint density at radius 3 is 2.14 bits per heavy atom. The van der Waals surface area contributed by atoms with Crippen molar-refractivity contribution in [3.8, 4) is 5.75 Å². The first-order valence-corrected chi connectivity index (χ1v) is 12.2. The van der Waals surface area contributed by atoms with E-state index in [-0.39, 0.29) is 29.7 Å². The van der Waals surface area contributed by atoms with Crippen LogP contribution in [-0.2, 0) is 15.9 Å². The molecule has 0 atom stereocenters. The highest BCUT2D eigenvalue weighted by Crippen LogP contribution is 2.73. The van der Waals surface area contributed by atoms with Gasteiger partial charge in [-0.3, -0.25) is 9.52 Å². The first-order valence-electron chi connectivity index (χ1n) is 10.7. The molecular weight excluding hydrogens is 495 g/mol. The number of sulfonamides is 1. The molecule has 5 rings (SSSR count). The van der Waals surface area contributed by atoms with Crippen molar-refractivity contribution in [3.05, 3.63) is 53.6 Å². The van der Waals surface area contributed by atoms with Gasteiger partial charge in [0.1, 0.15) is 5.75 Å². The molecule has 6 nitrogen and oxygen atoms in total. The molecule has 0 aromatic heterocycles. The van der Waals surface area contributed by atoms with Gasteiger partial charge in [0.25, 0.3) is 21.9 Å². The van der Waals surface area contributed by atoms with Gasteiger partial charge >= 0.3 is 6.18 Å². The molecular formula is C23H23F5N2O4S. The lowest BCUT2D eigenvalue weighted by Gasteiger charge is -2.70. The van der Waals surface area contributed by atoms with Gasteiger partial charge in [0.05, 0.1) is 28.7 Å². The Balaban J connectivity index is 1.63. The summed E-state index contributed by atoms with van der Waals surface area (Å²) < 4.78 is 101. The van der Waals surface area contributed by atoms with E-state index in [9.17, 15) is 35.2 Å². The maximum absolute atomic E-state index is 14.3. The molecule has 0 heterocycles. The van der Waals surface area contributed by atoms with Crippen molar-refractivity contribution in [3.63, 3.8) is 0 Å². The predicted molar refractivity (Wildman–Crippen MR) is 117 cm³/mol. The minimum absolute atomic E-state index is 0.205. The van der Waals surface area contributed by atoms with E-state index in [1.54, 1.807) is 0 Å². The highest BCUT2D eigenvalue weighted by molar-refractivity contribution is 7.92. The highest BCUT2D eigenvalue weighted by atomic mass is 32.2. The van der Waals surface area contributed by atoms with E-state index in [1.165, 1.54) is 38.3 Å². The van der Waals surface area contributed by atoms with E-state index in [4.69, 9.17) is 4.74 Å². The molecule has 0 unspecified atom stereocenters. The molecule has 35 heavy (non-hydrogen) atoms. The van der Waals surface area contributed by atoms with Crippen LogP contribution in [0.5, 0.6) is 5.75 Å². The lowest BCUT2D eigenvalue weighted by molar-refractivity contribution is -0.336. The number of ether oxygens (including phenoxy) is 1. The highest BCUT2D eigenvalue weighted by Gasteiger charge is 2.79. The number of amides is 1. The van der Waals surface area contributed by atoms with Crippen molar-refractivity contribution >= 4 is 21.6 Å². The monoisotopic (exact) mass is 518 g/mol. The first-order chi connectivity index (χ1) is 16.2. The third-order valence-corrected chi connectivity index (χ3v) is 8.14. The van der Waals surface area contributed by atoms with Gasteiger partial charge in [-0.2, -0.15) is 13.2 Å². The van der Waals surface area contributed by atoms with Crippen LogP contribution in [-0.4, -0.2) is 33.1 Å². The molecule has 2 aromatic rings. The van der Waals surface area contributed by atoms with Crippen LogP contribution in [0, 0.1) is 5.41 Å². The van der Waals surface area contributed by atoms with Crippen LogP contribution in [0.4, 0.5) is 27.6 Å². The molecule has 3 fully saturated rings. The number of halogens is 5. The average molecular weight is 519 g/mol. The van der Waals surface area contributed by atoms with Crippen LogP contribution >= 0.6 is 0 Å². The Kier molecular flexibility index (Phi) is 5.81. The van der Waals surface area contributed by atoms with E-state index in [2.05, 4.69) is 10.0 Å². The smallest absolute Gasteiger partial charge is 0.394 e. The number of rotatable bonds is 8. The Morgan fingerprint density at radius 2 is 1.63 bits per heavy atom. The minimum Gasteiger partial charge on any atom is -0.497 e. The zero-order valence-corrected chi connectivity index (χ0v) is 19.6. The van der Waals surface area contributed by atoms with E-state index >= 15 is 0 Å². The molecule has 2 bridgehead atoms. The quantitative estimate of drug-likeness (QED) is 0.470. The van der Waals surface area contributed by atoms with E-state index in [1.807, 2.05) is 0 Å². The van der Waals surface area contributed by atoms with Crippen LogP contribution in [0.25, 0.3) is 0 Å². The molecule has 0 saturated heterocycles. The summed E-state index contributed by atoms with van der Waals surface area (Å²) in [7, 11) is -2.90. The Labute approximate surface area is 198 Å². The van der Waals surface area contributed by atoms with Crippen molar-refractivity contribution in [1.29, 1.82) is 0 Å². The van der Waals surface area contributed by atoms with Crippen LogP contribution in [0.1, 0.15) is 48.5 Å². The number of hydrogen-bond acceptors (Lipinski definition) is 4. The maximum Gasteiger partial charge on any atom is 0.394 e. The third kappa shape index (κ3) is 4.32. The summed E-state index contributed by atoms with van der Waals surface area (Å²) in [5.74, 6) is -3.74. The lowest BCUT2D eigenvalue weighted by Crippen LogP contribution is -2.78. The fourth-order valence-electron chi connectivity index (χ4n) is 4.75. The molecule has 3 saturated carbocycles. The molecule has 190 valence electrons. The molecule has 2 aromatic carbocycles. The van der Waals surface area contributed by atoms with Crippen molar-refractivity contribution in [1.82, 2.24) is 5.32 Å². The van der Waals surface area contributed by atoms with E-state index in [0.717, 1.165) is 18.2 Å². The van der Waals surface area contributed by atoms with Gasteiger partial charge in [0.15, 0.2) is 0 Å². The fraction of sp³-hybridized carbons (Fsp3) is 0.435. The molecule has 0 radical (unpaired) electrons. The van der Waals surface area contributed by atoms with Crippen LogP contribution in [0.15, 0.2) is 47.4 Å². The summed E-state index contributed by atoms with van der Waals surface area (Å²) in [5.41, 5.74) is -4.02. The maximum atomic E-state index is 14.3. The van der Waals surface area contributed by atoms with E-state index in [0.29, 0.717) is 5.75 Å². The van der Waals surface area contributed by atoms with Gasteiger partial charge in [-0.25, -0.2) is 17.2 Å². The van der Waals surface area contributed by atoms with Gasteiger partial charge < -0.3 is 10.1 Å². The SMILES string of the molecule is CCC(F)(F)c1ccc(C(=O)NC23CC(C(F)(F)F)(C2)C3)c(NS(=O)(=O)c2ccc(OC)cc2)c1. The number of hydrogen-bond donors (Lipinski definition) is 2. The standard InChI is InChI=1S/C23H23F5N2O4S/c1-3-22(24,25)14-4-9-17(19(31)29-21-11-20(12-21,13-21)23(26,27)28)18(10-14)30-35(32,33)16-7-5-15(34-2)6-8-16/h4-10,30H,3,11-13H2,1-2H3,(H,29,31). The largest absolute Gasteiger partial charge is 0.497 e. The molecule has 12 heteroatoms. The van der Waals surface area contributed by atoms with Crippen molar-refractivity contribution < 1.29 is 39.9 Å². The fourth-order valence-corrected chi connectivity index (χ4v) is 5.82. The Hall–Kier alpha value is -2.89. The van der Waals surface area contributed by atoms with Crippen LogP contribution in [0.3, 0.4) is 0 Å². The van der Waals surface area contributed by atoms with Crippen molar-refractivity contribution in [2.45, 2.75) is 55.1 Å². The van der Waals surface area contributed by atoms with Crippen molar-refractivity contribution in [2.24, 2.45) is 5.41 Å². The van der Waals surface area contributed by atoms with Gasteiger partial charge in [-0.1, -0.05) is 13.0 Å². The van der Waals surface area contributed by atoms with E-state index < -0.39 is 56.7 Å². The van der Waals surface area contributed by atoms with Gasteiger partial charge in [-0.15, -0.1) is 0 Å². The summed E-state index contributed by atoms with van der Waals surface area (Å²) in [6, 6.07) is 8.19. The molecule has 2 N–H and O–H groups in total. The summed E-state index contributed by atoms with van der Waals surface area (Å²) in [4.78, 5) is 12.8. The number of methoxy groups -OCH3 is 1. The van der Waals surface area contributed by atoms with Crippen LogP contribution < -0.4 is 14.8 Å². The average Bonchev–Trinajstić information content (AvgIpc) is 2.73. The predicted octanol–water partition coefficient (Wildman–Crippen LogP) is 5.21. The molecule has 0 aliphatic heterocycles. The van der Waals surface area contributed by atoms with Crippen LogP contribution in [0.2, 0.25) is 0 Å². The second-order valence-corrected chi connectivity index (χ2v) is 10.8. The van der Waals surface area contributed by atoms with Gasteiger partial charge in [-0.05, 0) is 55.7 Å². The number of carbonyl (C=O) groups is 1. The zero-order valence-electron chi connectivity index (χ0n) is 18.8. The normalized spacial score (nSPS) is 23.6. The summed E-state index contributed by atoms with van der Waals surface area (Å²) in [5, 5.41) is 2.55. The molecule has 3 aliphatic carbocycles. The molecule has 3 aliphatic rings. The zero-order chi connectivity index (χ0) is 25.9. The lowest BCUT2D eigenvalue weighted by atomic mass is 9.39. The van der Waals surface area contributed by atoms with Gasteiger partial charge in [0.2, 0.25) is 0 Å².